The number of esters is 4. The number of hydrogen-bond acceptors (Lipinski definition) is 10. The fraction of sp³-hybridized carbons (Fsp3) is 0.857. The maximum atomic E-state index is 12.8. The highest BCUT2D eigenvalue weighted by atomic mass is 16.6. The smallest absolute Gasteiger partial charge is 0.309 e. The summed E-state index contributed by atoms with van der Waals surface area (Å²) in [6.45, 7) is 5.11. The van der Waals surface area contributed by atoms with Gasteiger partial charge in [-0.25, -0.2) is 0 Å². The molecule has 2 saturated carbocycles. The average Bonchev–Trinajstić information content (AvgIpc) is 3.83. The Morgan fingerprint density at radius 1 is 0.500 bits per heavy atom. The number of carbonyl (C=O) groups excluding carboxylic acids is 4. The van der Waals surface area contributed by atoms with Crippen molar-refractivity contribution < 1.29 is 47.6 Å². The minimum atomic E-state index is -0.556. The lowest BCUT2D eigenvalue weighted by Crippen LogP contribution is -2.38. The van der Waals surface area contributed by atoms with Gasteiger partial charge in [0.2, 0.25) is 0 Å². The zero-order valence-corrected chi connectivity index (χ0v) is 22.6. The average molecular weight is 539 g/mol. The molecule has 0 aromatic rings. The molecule has 0 N–H and O–H groups in total. The molecule has 0 unspecified atom stereocenters. The SMILES string of the molecule is CCCCOC(=O)[C@H]1C[C@@H]2O[C@@H]2C[C@H]1C(=O)OCCCCOC(=O)[C@H]1C[C@@H]2O[C@@H]2C[C@H]1C(=O)OCCCC. The van der Waals surface area contributed by atoms with E-state index in [0.717, 1.165) is 25.7 Å². The minimum absolute atomic E-state index is 0.0236. The molecule has 4 aliphatic rings. The van der Waals surface area contributed by atoms with Crippen LogP contribution in [0.5, 0.6) is 0 Å². The second-order valence-electron chi connectivity index (χ2n) is 10.9. The summed E-state index contributed by atoms with van der Waals surface area (Å²) in [4.78, 5) is 50.6. The zero-order valence-electron chi connectivity index (χ0n) is 22.6. The molecular formula is C28H42O10. The molecule has 2 saturated heterocycles. The van der Waals surface area contributed by atoms with Gasteiger partial charge >= 0.3 is 23.9 Å². The number of carbonyl (C=O) groups is 4. The molecule has 4 fully saturated rings. The Hall–Kier alpha value is -2.20. The summed E-state index contributed by atoms with van der Waals surface area (Å²) >= 11 is 0. The van der Waals surface area contributed by atoms with Crippen LogP contribution in [0.3, 0.4) is 0 Å². The number of rotatable bonds is 15. The van der Waals surface area contributed by atoms with E-state index in [0.29, 0.717) is 51.7 Å². The highest BCUT2D eigenvalue weighted by Gasteiger charge is 2.54. The molecule has 0 spiro atoms. The van der Waals surface area contributed by atoms with Gasteiger partial charge in [-0.05, 0) is 51.4 Å². The molecule has 2 heterocycles. The van der Waals surface area contributed by atoms with E-state index in [9.17, 15) is 19.2 Å². The molecule has 0 aromatic heterocycles. The van der Waals surface area contributed by atoms with Gasteiger partial charge in [-0.3, -0.25) is 19.2 Å². The monoisotopic (exact) mass is 538 g/mol. The van der Waals surface area contributed by atoms with Crippen molar-refractivity contribution in [3.05, 3.63) is 0 Å². The molecule has 2 aliphatic heterocycles. The Labute approximate surface area is 224 Å². The number of fused-ring (bicyclic) bond motifs is 2. The molecule has 4 rings (SSSR count). The first-order chi connectivity index (χ1) is 18.4. The van der Waals surface area contributed by atoms with Crippen LogP contribution in [0.15, 0.2) is 0 Å². The molecule has 214 valence electrons. The third-order valence-corrected chi connectivity index (χ3v) is 8.01. The molecule has 38 heavy (non-hydrogen) atoms. The summed E-state index contributed by atoms with van der Waals surface area (Å²) in [6, 6.07) is 0. The van der Waals surface area contributed by atoms with Crippen LogP contribution in [0, 0.1) is 23.7 Å². The highest BCUT2D eigenvalue weighted by molar-refractivity contribution is 5.83. The van der Waals surface area contributed by atoms with E-state index >= 15 is 0 Å². The van der Waals surface area contributed by atoms with Crippen LogP contribution in [-0.4, -0.2) is 74.7 Å². The van der Waals surface area contributed by atoms with E-state index in [1.165, 1.54) is 0 Å². The maximum Gasteiger partial charge on any atom is 0.309 e. The first-order valence-electron chi connectivity index (χ1n) is 14.4. The summed E-state index contributed by atoms with van der Waals surface area (Å²) in [6.07, 6.45) is 6.52. The molecule has 0 bridgehead atoms. The highest BCUT2D eigenvalue weighted by Crippen LogP contribution is 2.45. The van der Waals surface area contributed by atoms with Crippen LogP contribution in [0.2, 0.25) is 0 Å². The van der Waals surface area contributed by atoms with Crippen LogP contribution >= 0.6 is 0 Å². The van der Waals surface area contributed by atoms with E-state index in [1.807, 2.05) is 13.8 Å². The predicted octanol–water partition coefficient (Wildman–Crippen LogP) is 3.13. The standard InChI is InChI=1S/C28H42O10/c1-3-5-9-33-25(29)17-13-21-23(37-21)15-19(17)27(31)35-11-7-8-12-36-28(32)20-16-24-22(38-24)14-18(20)26(30)34-10-6-4-2/h17-24H,3-16H2,1-2H3/t17-,18+,19+,20-,21-,22+,23+,24-. The van der Waals surface area contributed by atoms with Gasteiger partial charge in [0.15, 0.2) is 0 Å². The molecule has 10 heteroatoms. The van der Waals surface area contributed by atoms with Gasteiger partial charge in [0.25, 0.3) is 0 Å². The van der Waals surface area contributed by atoms with E-state index in [2.05, 4.69) is 0 Å². The van der Waals surface area contributed by atoms with Gasteiger partial charge in [-0.1, -0.05) is 26.7 Å². The molecule has 2 aliphatic carbocycles. The van der Waals surface area contributed by atoms with E-state index in [1.54, 1.807) is 0 Å². The Kier molecular flexibility index (Phi) is 10.4. The number of unbranched alkanes of at least 4 members (excludes halogenated alkanes) is 3. The summed E-state index contributed by atoms with van der Waals surface area (Å²) in [5.74, 6) is -3.68. The summed E-state index contributed by atoms with van der Waals surface area (Å²) in [7, 11) is 0. The largest absolute Gasteiger partial charge is 0.465 e. The third-order valence-electron chi connectivity index (χ3n) is 8.01. The lowest BCUT2D eigenvalue weighted by atomic mass is 9.79. The van der Waals surface area contributed by atoms with Gasteiger partial charge in [-0.2, -0.15) is 0 Å². The van der Waals surface area contributed by atoms with Gasteiger partial charge in [-0.15, -0.1) is 0 Å². The normalized spacial score (nSPS) is 32.8. The van der Waals surface area contributed by atoms with Crippen LogP contribution in [-0.2, 0) is 47.6 Å². The summed E-state index contributed by atoms with van der Waals surface area (Å²) < 4.78 is 32.8. The number of epoxide rings is 2. The van der Waals surface area contributed by atoms with Gasteiger partial charge in [0, 0.05) is 0 Å². The molecule has 8 atom stereocenters. The lowest BCUT2D eigenvalue weighted by molar-refractivity contribution is -0.163. The number of ether oxygens (including phenoxy) is 6. The Balaban J connectivity index is 1.14. The lowest BCUT2D eigenvalue weighted by Gasteiger charge is -2.26. The van der Waals surface area contributed by atoms with Crippen molar-refractivity contribution in [3.8, 4) is 0 Å². The third kappa shape index (κ3) is 7.68. The van der Waals surface area contributed by atoms with E-state index in [4.69, 9.17) is 28.4 Å². The van der Waals surface area contributed by atoms with Gasteiger partial charge < -0.3 is 28.4 Å². The van der Waals surface area contributed by atoms with Crippen molar-refractivity contribution >= 4 is 23.9 Å². The van der Waals surface area contributed by atoms with Crippen LogP contribution in [0.4, 0.5) is 0 Å². The van der Waals surface area contributed by atoms with Crippen molar-refractivity contribution in [1.29, 1.82) is 0 Å². The van der Waals surface area contributed by atoms with Gasteiger partial charge in [0.05, 0.1) is 74.5 Å². The van der Waals surface area contributed by atoms with Crippen molar-refractivity contribution in [2.45, 2.75) is 102 Å². The van der Waals surface area contributed by atoms with Crippen LogP contribution in [0.1, 0.15) is 78.1 Å². The Morgan fingerprint density at radius 3 is 1.03 bits per heavy atom. The van der Waals surface area contributed by atoms with Crippen molar-refractivity contribution in [2.75, 3.05) is 26.4 Å². The van der Waals surface area contributed by atoms with Crippen molar-refractivity contribution in [2.24, 2.45) is 23.7 Å². The predicted molar refractivity (Wildman–Crippen MR) is 133 cm³/mol. The first-order valence-corrected chi connectivity index (χ1v) is 14.4. The Morgan fingerprint density at radius 2 is 0.763 bits per heavy atom. The quantitative estimate of drug-likeness (QED) is 0.133. The van der Waals surface area contributed by atoms with Crippen molar-refractivity contribution in [3.63, 3.8) is 0 Å². The first kappa shape index (κ1) is 28.8. The Bertz CT molecular complexity index is 775. The second-order valence-corrected chi connectivity index (χ2v) is 10.9. The van der Waals surface area contributed by atoms with Crippen molar-refractivity contribution in [1.82, 2.24) is 0 Å². The zero-order chi connectivity index (χ0) is 27.1. The van der Waals surface area contributed by atoms with E-state index < -0.39 is 35.6 Å². The molecule has 10 nitrogen and oxygen atoms in total. The maximum absolute atomic E-state index is 12.8. The van der Waals surface area contributed by atoms with Crippen LogP contribution < -0.4 is 0 Å². The fourth-order valence-electron chi connectivity index (χ4n) is 5.50. The van der Waals surface area contributed by atoms with E-state index in [-0.39, 0.29) is 49.6 Å². The minimum Gasteiger partial charge on any atom is -0.465 e. The fourth-order valence-corrected chi connectivity index (χ4v) is 5.50. The second kappa shape index (κ2) is 13.7. The number of hydrogen-bond donors (Lipinski definition) is 0. The topological polar surface area (TPSA) is 130 Å². The molecule has 0 radical (unpaired) electrons. The van der Waals surface area contributed by atoms with Crippen LogP contribution in [0.25, 0.3) is 0 Å². The summed E-state index contributed by atoms with van der Waals surface area (Å²) in [5, 5.41) is 0. The molecule has 0 aromatic carbocycles. The molecule has 0 amide bonds. The summed E-state index contributed by atoms with van der Waals surface area (Å²) in [5.41, 5.74) is 0. The van der Waals surface area contributed by atoms with Gasteiger partial charge in [0.1, 0.15) is 0 Å². The molecular weight excluding hydrogens is 496 g/mol.